The van der Waals surface area contributed by atoms with Gasteiger partial charge in [-0.25, -0.2) is 8.42 Å². The second-order valence-corrected chi connectivity index (χ2v) is 7.82. The Morgan fingerprint density at radius 1 is 1.41 bits per heavy atom. The largest absolute Gasteiger partial charge is 0.325 e. The van der Waals surface area contributed by atoms with Crippen LogP contribution in [0.2, 0.25) is 0 Å². The number of sulfone groups is 1. The summed E-state index contributed by atoms with van der Waals surface area (Å²) >= 11 is 0. The molecule has 2 saturated heterocycles. The Morgan fingerprint density at radius 2 is 2.12 bits per heavy atom. The van der Waals surface area contributed by atoms with Gasteiger partial charge in [-0.2, -0.15) is 0 Å². The first-order valence-corrected chi connectivity index (χ1v) is 8.04. The van der Waals surface area contributed by atoms with Gasteiger partial charge in [0.2, 0.25) is 0 Å². The molecule has 0 aromatic heterocycles. The normalized spacial score (nSPS) is 38.0. The lowest BCUT2D eigenvalue weighted by Gasteiger charge is -2.28. The number of likely N-dealkylation sites (N-methyl/N-ethyl adjacent to an activating group) is 1. The van der Waals surface area contributed by atoms with Crippen molar-refractivity contribution >= 4 is 9.84 Å². The van der Waals surface area contributed by atoms with E-state index in [1.54, 1.807) is 0 Å². The third kappa shape index (κ3) is 3.19. The monoisotopic (exact) mass is 261 g/mol. The van der Waals surface area contributed by atoms with Crippen LogP contribution >= 0.6 is 0 Å². The van der Waals surface area contributed by atoms with E-state index >= 15 is 0 Å². The van der Waals surface area contributed by atoms with Gasteiger partial charge in [-0.05, 0) is 33.0 Å². The first-order valence-electron chi connectivity index (χ1n) is 6.22. The molecule has 5 nitrogen and oxygen atoms in total. The van der Waals surface area contributed by atoms with Crippen molar-refractivity contribution < 1.29 is 8.42 Å². The average Bonchev–Trinajstić information content (AvgIpc) is 2.70. The number of rotatable bonds is 3. The van der Waals surface area contributed by atoms with Gasteiger partial charge in [-0.1, -0.05) is 0 Å². The average molecular weight is 261 g/mol. The Kier molecular flexibility index (Phi) is 3.77. The first-order chi connectivity index (χ1) is 7.87. The van der Waals surface area contributed by atoms with Crippen molar-refractivity contribution in [1.29, 1.82) is 0 Å². The van der Waals surface area contributed by atoms with Crippen LogP contribution in [0.1, 0.15) is 6.42 Å². The van der Waals surface area contributed by atoms with E-state index in [4.69, 9.17) is 5.73 Å². The lowest BCUT2D eigenvalue weighted by Crippen LogP contribution is -2.46. The highest BCUT2D eigenvalue weighted by atomic mass is 32.2. The fourth-order valence-electron chi connectivity index (χ4n) is 3.03. The molecule has 0 bridgehead atoms. The van der Waals surface area contributed by atoms with E-state index in [0.29, 0.717) is 5.92 Å². The van der Waals surface area contributed by atoms with E-state index in [1.807, 2.05) is 7.05 Å². The van der Waals surface area contributed by atoms with Gasteiger partial charge in [-0.15, -0.1) is 0 Å². The van der Waals surface area contributed by atoms with Crippen LogP contribution in [-0.4, -0.2) is 75.5 Å². The molecule has 100 valence electrons. The Balaban J connectivity index is 1.90. The van der Waals surface area contributed by atoms with Crippen LogP contribution in [0.3, 0.4) is 0 Å². The zero-order chi connectivity index (χ0) is 12.6. The van der Waals surface area contributed by atoms with Crippen molar-refractivity contribution in [2.75, 3.05) is 45.2 Å². The molecule has 0 radical (unpaired) electrons. The maximum Gasteiger partial charge on any atom is 0.153 e. The molecule has 2 fully saturated rings. The Bertz CT molecular complexity index is 371. The Hall–Kier alpha value is -0.170. The lowest BCUT2D eigenvalue weighted by molar-refractivity contribution is 0.208. The molecule has 2 heterocycles. The number of nitrogens with two attached hydrogens (primary N) is 1. The van der Waals surface area contributed by atoms with Gasteiger partial charge in [0, 0.05) is 25.2 Å². The van der Waals surface area contributed by atoms with Gasteiger partial charge in [0.15, 0.2) is 9.84 Å². The van der Waals surface area contributed by atoms with Crippen molar-refractivity contribution in [1.82, 2.24) is 9.80 Å². The van der Waals surface area contributed by atoms with Crippen LogP contribution in [0.25, 0.3) is 0 Å². The van der Waals surface area contributed by atoms with Gasteiger partial charge in [-0.3, -0.25) is 0 Å². The van der Waals surface area contributed by atoms with Crippen LogP contribution in [0.5, 0.6) is 0 Å². The summed E-state index contributed by atoms with van der Waals surface area (Å²) in [7, 11) is 1.22. The zero-order valence-electron chi connectivity index (χ0n) is 10.7. The predicted molar refractivity (Wildman–Crippen MR) is 68.7 cm³/mol. The summed E-state index contributed by atoms with van der Waals surface area (Å²) in [6.45, 7) is 3.21. The minimum absolute atomic E-state index is 0.00547. The third-order valence-electron chi connectivity index (χ3n) is 3.97. The van der Waals surface area contributed by atoms with Crippen LogP contribution < -0.4 is 5.73 Å². The van der Waals surface area contributed by atoms with Crippen LogP contribution in [0, 0.1) is 5.92 Å². The molecule has 2 aliphatic heterocycles. The molecule has 2 rings (SSSR count). The van der Waals surface area contributed by atoms with E-state index in [1.165, 1.54) is 6.42 Å². The molecule has 2 N–H and O–H groups in total. The summed E-state index contributed by atoms with van der Waals surface area (Å²) in [5.41, 5.74) is 5.93. The van der Waals surface area contributed by atoms with E-state index in [2.05, 4.69) is 16.8 Å². The number of likely N-dealkylation sites (tertiary alicyclic amines) is 1. The topological polar surface area (TPSA) is 66.6 Å². The van der Waals surface area contributed by atoms with Crippen molar-refractivity contribution in [3.8, 4) is 0 Å². The third-order valence-corrected chi connectivity index (χ3v) is 5.71. The molecule has 3 unspecified atom stereocenters. The fourth-order valence-corrected chi connectivity index (χ4v) is 4.99. The summed E-state index contributed by atoms with van der Waals surface area (Å²) in [6.07, 6.45) is 1.20. The SMILES string of the molecule is CN1CCC(CN(C)C2CS(=O)(=O)CC2N)C1. The second kappa shape index (κ2) is 4.84. The molecule has 0 aromatic rings. The van der Waals surface area contributed by atoms with Crippen molar-refractivity contribution in [3.63, 3.8) is 0 Å². The van der Waals surface area contributed by atoms with Gasteiger partial charge in [0.05, 0.1) is 11.5 Å². The van der Waals surface area contributed by atoms with E-state index < -0.39 is 9.84 Å². The van der Waals surface area contributed by atoms with Crippen LogP contribution in [0.4, 0.5) is 0 Å². The van der Waals surface area contributed by atoms with E-state index in [0.717, 1.165) is 19.6 Å². The van der Waals surface area contributed by atoms with Gasteiger partial charge in [0.25, 0.3) is 0 Å². The van der Waals surface area contributed by atoms with Crippen LogP contribution in [0.15, 0.2) is 0 Å². The number of hydrogen-bond donors (Lipinski definition) is 1. The maximum absolute atomic E-state index is 11.5. The zero-order valence-corrected chi connectivity index (χ0v) is 11.5. The minimum Gasteiger partial charge on any atom is -0.325 e. The highest BCUT2D eigenvalue weighted by Gasteiger charge is 2.38. The molecule has 0 aromatic carbocycles. The molecule has 0 saturated carbocycles. The van der Waals surface area contributed by atoms with E-state index in [9.17, 15) is 8.42 Å². The molecule has 3 atom stereocenters. The van der Waals surface area contributed by atoms with Gasteiger partial charge < -0.3 is 15.5 Å². The lowest BCUT2D eigenvalue weighted by atomic mass is 10.1. The second-order valence-electron chi connectivity index (χ2n) is 5.66. The van der Waals surface area contributed by atoms with Crippen LogP contribution in [-0.2, 0) is 9.84 Å². The van der Waals surface area contributed by atoms with Gasteiger partial charge >= 0.3 is 0 Å². The molecule has 17 heavy (non-hydrogen) atoms. The highest BCUT2D eigenvalue weighted by Crippen LogP contribution is 2.20. The smallest absolute Gasteiger partial charge is 0.153 e. The van der Waals surface area contributed by atoms with Gasteiger partial charge in [0.1, 0.15) is 0 Å². The first kappa shape index (κ1) is 13.3. The Morgan fingerprint density at radius 3 is 2.59 bits per heavy atom. The fraction of sp³-hybridized carbons (Fsp3) is 1.00. The van der Waals surface area contributed by atoms with E-state index in [-0.39, 0.29) is 23.6 Å². The summed E-state index contributed by atoms with van der Waals surface area (Å²) < 4.78 is 23.1. The quantitative estimate of drug-likeness (QED) is 0.705. The molecular weight excluding hydrogens is 238 g/mol. The molecule has 0 spiro atoms. The molecular formula is C11H23N3O2S. The van der Waals surface area contributed by atoms with Crippen molar-refractivity contribution in [3.05, 3.63) is 0 Å². The van der Waals surface area contributed by atoms with Crippen molar-refractivity contribution in [2.24, 2.45) is 11.7 Å². The Labute approximate surface area is 104 Å². The molecule has 0 aliphatic carbocycles. The molecule has 2 aliphatic rings. The highest BCUT2D eigenvalue weighted by molar-refractivity contribution is 7.91. The molecule has 6 heteroatoms. The summed E-state index contributed by atoms with van der Waals surface area (Å²) in [4.78, 5) is 4.48. The maximum atomic E-state index is 11.5. The number of nitrogens with zero attached hydrogens (tertiary/aromatic N) is 2. The number of hydrogen-bond acceptors (Lipinski definition) is 5. The predicted octanol–water partition coefficient (Wildman–Crippen LogP) is -1.01. The minimum atomic E-state index is -2.91. The summed E-state index contributed by atoms with van der Waals surface area (Å²) in [5.74, 6) is 1.03. The summed E-state index contributed by atoms with van der Waals surface area (Å²) in [5, 5.41) is 0. The standard InChI is InChI=1S/C11H23N3O2S/c1-13-4-3-9(5-13)6-14(2)11-8-17(15,16)7-10(11)12/h9-11H,3-8,12H2,1-2H3. The summed E-state index contributed by atoms with van der Waals surface area (Å²) in [6, 6.07) is -0.213. The van der Waals surface area contributed by atoms with Crippen molar-refractivity contribution in [2.45, 2.75) is 18.5 Å². The molecule has 0 amide bonds.